The molecule has 0 fully saturated rings. The molecule has 0 saturated heterocycles. The lowest BCUT2D eigenvalue weighted by molar-refractivity contribution is 0.628. The van der Waals surface area contributed by atoms with Crippen LogP contribution in [-0.4, -0.2) is 36.1 Å². The third-order valence-corrected chi connectivity index (χ3v) is 2.33. The number of benzene rings is 1. The lowest BCUT2D eigenvalue weighted by Gasteiger charge is -2.13. The molecule has 2 N–H and O–H groups in total. The highest BCUT2D eigenvalue weighted by Gasteiger charge is 2.07. The van der Waals surface area contributed by atoms with E-state index in [0.717, 1.165) is 0 Å². The van der Waals surface area contributed by atoms with Crippen LogP contribution in [0.5, 0.6) is 0 Å². The van der Waals surface area contributed by atoms with Crippen molar-refractivity contribution in [2.45, 2.75) is 0 Å². The highest BCUT2D eigenvalue weighted by Crippen LogP contribution is 2.17. The van der Waals surface area contributed by atoms with Crippen molar-refractivity contribution in [3.63, 3.8) is 0 Å². The van der Waals surface area contributed by atoms with Gasteiger partial charge in [0, 0.05) is 26.8 Å². The Hall–Kier alpha value is -2.44. The molecule has 0 amide bonds. The molecule has 1 aromatic heterocycles. The quantitative estimate of drug-likeness (QED) is 0.876. The number of hydrogen-bond acceptors (Lipinski definition) is 6. The molecule has 0 spiro atoms. The average molecular weight is 262 g/mol. The van der Waals surface area contributed by atoms with Gasteiger partial charge in [-0.3, -0.25) is 0 Å². The highest BCUT2D eigenvalue weighted by molar-refractivity contribution is 5.55. The summed E-state index contributed by atoms with van der Waals surface area (Å²) in [4.78, 5) is 14.4. The van der Waals surface area contributed by atoms with Gasteiger partial charge in [-0.15, -0.1) is 0 Å². The molecule has 1 aromatic carbocycles. The van der Waals surface area contributed by atoms with E-state index in [9.17, 15) is 4.39 Å². The summed E-state index contributed by atoms with van der Waals surface area (Å²) in [6, 6.07) is 6.10. The molecular weight excluding hydrogens is 247 g/mol. The van der Waals surface area contributed by atoms with Gasteiger partial charge < -0.3 is 15.5 Å². The maximum atomic E-state index is 13.1. The number of halogens is 1. The number of hydrogen-bond donors (Lipinski definition) is 2. The van der Waals surface area contributed by atoms with Crippen LogP contribution in [0.1, 0.15) is 0 Å². The molecule has 100 valence electrons. The Morgan fingerprint density at radius 2 is 1.84 bits per heavy atom. The summed E-state index contributed by atoms with van der Waals surface area (Å²) < 4.78 is 13.1. The van der Waals surface area contributed by atoms with Crippen LogP contribution in [0.25, 0.3) is 0 Å². The monoisotopic (exact) mass is 262 g/mol. The lowest BCUT2D eigenvalue weighted by atomic mass is 10.3. The van der Waals surface area contributed by atoms with Crippen molar-refractivity contribution < 1.29 is 4.39 Å². The first kappa shape index (κ1) is 13.0. The summed E-state index contributed by atoms with van der Waals surface area (Å²) in [6.07, 6.45) is 0. The molecule has 6 nitrogen and oxygen atoms in total. The van der Waals surface area contributed by atoms with Gasteiger partial charge in [0.1, 0.15) is 5.82 Å². The number of nitrogens with one attached hydrogen (secondary N) is 2. The molecule has 0 aliphatic heterocycles. The largest absolute Gasteiger partial charge is 0.357 e. The van der Waals surface area contributed by atoms with Gasteiger partial charge in [0.2, 0.25) is 17.8 Å². The van der Waals surface area contributed by atoms with Gasteiger partial charge in [0.25, 0.3) is 0 Å². The third kappa shape index (κ3) is 3.27. The predicted molar refractivity (Wildman–Crippen MR) is 73.4 cm³/mol. The van der Waals surface area contributed by atoms with Crippen molar-refractivity contribution in [2.75, 3.05) is 36.7 Å². The van der Waals surface area contributed by atoms with Crippen molar-refractivity contribution in [3.8, 4) is 0 Å². The van der Waals surface area contributed by atoms with E-state index in [1.807, 2.05) is 14.1 Å². The maximum Gasteiger partial charge on any atom is 0.233 e. The van der Waals surface area contributed by atoms with Crippen molar-refractivity contribution in [2.24, 2.45) is 0 Å². The second-order valence-electron chi connectivity index (χ2n) is 4.06. The Balaban J connectivity index is 2.31. The molecule has 0 aliphatic rings. The SMILES string of the molecule is CNc1nc(Nc2cccc(F)c2)nc(N(C)C)n1. The molecule has 0 bridgehead atoms. The van der Waals surface area contributed by atoms with Crippen molar-refractivity contribution >= 4 is 23.5 Å². The van der Waals surface area contributed by atoms with E-state index in [-0.39, 0.29) is 5.82 Å². The fourth-order valence-corrected chi connectivity index (χ4v) is 1.43. The number of anilines is 4. The first-order valence-corrected chi connectivity index (χ1v) is 5.72. The summed E-state index contributed by atoms with van der Waals surface area (Å²) in [6.45, 7) is 0. The lowest BCUT2D eigenvalue weighted by Crippen LogP contribution is -2.15. The Morgan fingerprint density at radius 3 is 2.47 bits per heavy atom. The van der Waals surface area contributed by atoms with Crippen molar-refractivity contribution in [1.29, 1.82) is 0 Å². The van der Waals surface area contributed by atoms with Crippen molar-refractivity contribution in [1.82, 2.24) is 15.0 Å². The van der Waals surface area contributed by atoms with Crippen LogP contribution in [0.3, 0.4) is 0 Å². The molecule has 0 radical (unpaired) electrons. The van der Waals surface area contributed by atoms with Crippen LogP contribution in [0.15, 0.2) is 24.3 Å². The Kier molecular flexibility index (Phi) is 3.74. The van der Waals surface area contributed by atoms with E-state index in [1.54, 1.807) is 24.1 Å². The fourth-order valence-electron chi connectivity index (χ4n) is 1.43. The molecule has 0 aliphatic carbocycles. The van der Waals surface area contributed by atoms with E-state index in [2.05, 4.69) is 25.6 Å². The van der Waals surface area contributed by atoms with E-state index in [0.29, 0.717) is 23.5 Å². The second-order valence-corrected chi connectivity index (χ2v) is 4.06. The minimum Gasteiger partial charge on any atom is -0.357 e. The summed E-state index contributed by atoms with van der Waals surface area (Å²) in [5.41, 5.74) is 0.581. The smallest absolute Gasteiger partial charge is 0.233 e. The van der Waals surface area contributed by atoms with Crippen LogP contribution < -0.4 is 15.5 Å². The fraction of sp³-hybridized carbons (Fsp3) is 0.250. The molecule has 2 aromatic rings. The minimum atomic E-state index is -0.319. The molecule has 0 unspecified atom stereocenters. The molecule has 2 rings (SSSR count). The molecule has 0 atom stereocenters. The summed E-state index contributed by atoms with van der Waals surface area (Å²) in [5.74, 6) is 0.991. The van der Waals surface area contributed by atoms with Gasteiger partial charge in [0.05, 0.1) is 0 Å². The maximum absolute atomic E-state index is 13.1. The minimum absolute atomic E-state index is 0.319. The van der Waals surface area contributed by atoms with E-state index < -0.39 is 0 Å². The van der Waals surface area contributed by atoms with Gasteiger partial charge in [-0.25, -0.2) is 4.39 Å². The van der Waals surface area contributed by atoms with Crippen LogP contribution in [0, 0.1) is 5.82 Å². The summed E-state index contributed by atoms with van der Waals surface area (Å²) in [7, 11) is 5.39. The zero-order valence-electron chi connectivity index (χ0n) is 11.0. The Morgan fingerprint density at radius 1 is 1.11 bits per heavy atom. The zero-order chi connectivity index (χ0) is 13.8. The topological polar surface area (TPSA) is 66.0 Å². The van der Waals surface area contributed by atoms with Crippen LogP contribution in [-0.2, 0) is 0 Å². The number of rotatable bonds is 4. The molecule has 7 heteroatoms. The Bertz CT molecular complexity index is 572. The molecule has 19 heavy (non-hydrogen) atoms. The van der Waals surface area contributed by atoms with Gasteiger partial charge in [-0.05, 0) is 18.2 Å². The second kappa shape index (κ2) is 5.47. The van der Waals surface area contributed by atoms with Crippen molar-refractivity contribution in [3.05, 3.63) is 30.1 Å². The Labute approximate surface area is 110 Å². The molecular formula is C12H15FN6. The van der Waals surface area contributed by atoms with Gasteiger partial charge in [0.15, 0.2) is 0 Å². The average Bonchev–Trinajstić information content (AvgIpc) is 2.38. The third-order valence-electron chi connectivity index (χ3n) is 2.33. The number of nitrogens with zero attached hydrogens (tertiary/aromatic N) is 4. The van der Waals surface area contributed by atoms with Crippen LogP contribution in [0.2, 0.25) is 0 Å². The summed E-state index contributed by atoms with van der Waals surface area (Å²) in [5, 5.41) is 5.80. The standard InChI is InChI=1S/C12H15FN6/c1-14-10-16-11(18-12(17-10)19(2)3)15-9-6-4-5-8(13)7-9/h4-7H,1-3H3,(H2,14,15,16,17,18). The summed E-state index contributed by atoms with van der Waals surface area (Å²) >= 11 is 0. The molecule has 0 saturated carbocycles. The molecule has 1 heterocycles. The number of aromatic nitrogens is 3. The first-order valence-electron chi connectivity index (χ1n) is 5.72. The predicted octanol–water partition coefficient (Wildman–Crippen LogP) is 1.86. The van der Waals surface area contributed by atoms with E-state index >= 15 is 0 Å². The van der Waals surface area contributed by atoms with E-state index in [4.69, 9.17) is 0 Å². The van der Waals surface area contributed by atoms with E-state index in [1.165, 1.54) is 12.1 Å². The van der Waals surface area contributed by atoms with Crippen LogP contribution >= 0.6 is 0 Å². The van der Waals surface area contributed by atoms with Crippen LogP contribution in [0.4, 0.5) is 27.9 Å². The van der Waals surface area contributed by atoms with Gasteiger partial charge >= 0.3 is 0 Å². The first-order chi connectivity index (χ1) is 9.08. The zero-order valence-corrected chi connectivity index (χ0v) is 11.0. The van der Waals surface area contributed by atoms with Gasteiger partial charge in [-0.1, -0.05) is 6.07 Å². The van der Waals surface area contributed by atoms with Gasteiger partial charge in [-0.2, -0.15) is 15.0 Å². The highest BCUT2D eigenvalue weighted by atomic mass is 19.1. The normalized spacial score (nSPS) is 10.1.